The first-order valence-corrected chi connectivity index (χ1v) is 8.90. The molecule has 6 heteroatoms. The third-order valence-corrected chi connectivity index (χ3v) is 5.15. The third-order valence-electron chi connectivity index (χ3n) is 5.15. The minimum atomic E-state index is -0.337. The van der Waals surface area contributed by atoms with Crippen LogP contribution in [0.3, 0.4) is 0 Å². The van der Waals surface area contributed by atoms with Crippen LogP contribution in [-0.4, -0.2) is 45.8 Å². The summed E-state index contributed by atoms with van der Waals surface area (Å²) in [6.07, 6.45) is 3.74. The summed E-state index contributed by atoms with van der Waals surface area (Å²) >= 11 is 0. The molecule has 0 aliphatic carbocycles. The fourth-order valence-corrected chi connectivity index (χ4v) is 3.72. The van der Waals surface area contributed by atoms with Gasteiger partial charge in [-0.3, -0.25) is 4.90 Å². The molecule has 6 nitrogen and oxygen atoms in total. The molecule has 0 spiro atoms. The molecule has 0 amide bonds. The molecule has 0 saturated carbocycles. The van der Waals surface area contributed by atoms with Crippen molar-refractivity contribution in [3.63, 3.8) is 0 Å². The number of ether oxygens (including phenoxy) is 1. The second-order valence-corrected chi connectivity index (χ2v) is 6.57. The molecule has 1 atom stereocenters. The molecule has 0 N–H and O–H groups in total. The molecular formula is C19H26N4O2. The van der Waals surface area contributed by atoms with Gasteiger partial charge in [0.15, 0.2) is 0 Å². The summed E-state index contributed by atoms with van der Waals surface area (Å²) in [5.74, 6) is 1.27. The lowest BCUT2D eigenvalue weighted by Crippen LogP contribution is -2.40. The number of piperidine rings is 1. The maximum Gasteiger partial charge on any atom is 0.327 e. The maximum atomic E-state index is 12.5. The van der Waals surface area contributed by atoms with Crippen LogP contribution in [0, 0.1) is 6.92 Å². The second kappa shape index (κ2) is 7.78. The van der Waals surface area contributed by atoms with Gasteiger partial charge >= 0.3 is 5.97 Å². The van der Waals surface area contributed by atoms with E-state index in [4.69, 9.17) is 4.74 Å². The van der Waals surface area contributed by atoms with Gasteiger partial charge in [-0.2, -0.15) is 0 Å². The molecule has 1 aromatic carbocycles. The minimum Gasteiger partial charge on any atom is -0.468 e. The summed E-state index contributed by atoms with van der Waals surface area (Å²) in [6.45, 7) is 6.72. The second-order valence-electron chi connectivity index (χ2n) is 6.57. The molecule has 1 aliphatic heterocycles. The van der Waals surface area contributed by atoms with Gasteiger partial charge in [-0.25, -0.2) is 4.79 Å². The number of carbonyl (C=O) groups is 1. The quantitative estimate of drug-likeness (QED) is 0.782. The first-order chi connectivity index (χ1) is 12.2. The molecule has 2 heterocycles. The number of aromatic nitrogens is 3. The standard InChI is InChI=1S/C19H26N4O2/c1-4-22-13-20-21-18(22)15-9-11-23(12-10-15)17(19(24)25-3)16-8-6-5-7-14(16)2/h5-8,13,15,17H,4,9-12H2,1-3H3/t17-/m0/s1. The fraction of sp³-hybridized carbons (Fsp3) is 0.526. The first-order valence-electron chi connectivity index (χ1n) is 8.90. The highest BCUT2D eigenvalue weighted by molar-refractivity contribution is 5.78. The van der Waals surface area contributed by atoms with Gasteiger partial charge in [0, 0.05) is 12.5 Å². The van der Waals surface area contributed by atoms with Crippen molar-refractivity contribution in [2.24, 2.45) is 0 Å². The molecule has 0 bridgehead atoms. The van der Waals surface area contributed by atoms with Gasteiger partial charge < -0.3 is 9.30 Å². The predicted molar refractivity (Wildman–Crippen MR) is 95.2 cm³/mol. The van der Waals surface area contributed by atoms with Crippen molar-refractivity contribution in [1.82, 2.24) is 19.7 Å². The Bertz CT molecular complexity index is 720. The largest absolute Gasteiger partial charge is 0.468 e. The summed E-state index contributed by atoms with van der Waals surface area (Å²) in [5, 5.41) is 8.36. The van der Waals surface area contributed by atoms with Crippen LogP contribution in [-0.2, 0) is 16.1 Å². The highest BCUT2D eigenvalue weighted by Crippen LogP contribution is 2.33. The van der Waals surface area contributed by atoms with Crippen molar-refractivity contribution in [3.05, 3.63) is 47.5 Å². The number of hydrogen-bond acceptors (Lipinski definition) is 5. The molecular weight excluding hydrogens is 316 g/mol. The Kier molecular flexibility index (Phi) is 5.48. The van der Waals surface area contributed by atoms with Crippen molar-refractivity contribution in [3.8, 4) is 0 Å². The number of esters is 1. The molecule has 1 aromatic heterocycles. The Morgan fingerprint density at radius 2 is 2.04 bits per heavy atom. The minimum absolute atomic E-state index is 0.190. The van der Waals surface area contributed by atoms with Crippen molar-refractivity contribution in [2.45, 2.75) is 45.2 Å². The van der Waals surface area contributed by atoms with E-state index in [-0.39, 0.29) is 12.0 Å². The summed E-state index contributed by atoms with van der Waals surface area (Å²) in [7, 11) is 1.46. The Balaban J connectivity index is 1.77. The zero-order chi connectivity index (χ0) is 17.8. The topological polar surface area (TPSA) is 60.2 Å². The van der Waals surface area contributed by atoms with E-state index in [9.17, 15) is 4.79 Å². The summed E-state index contributed by atoms with van der Waals surface area (Å²) in [4.78, 5) is 14.7. The van der Waals surface area contributed by atoms with Gasteiger partial charge in [-0.1, -0.05) is 24.3 Å². The number of hydrogen-bond donors (Lipinski definition) is 0. The van der Waals surface area contributed by atoms with E-state index in [1.807, 2.05) is 31.2 Å². The highest BCUT2D eigenvalue weighted by Gasteiger charge is 2.34. The molecule has 3 rings (SSSR count). The number of carbonyl (C=O) groups excluding carboxylic acids is 1. The lowest BCUT2D eigenvalue weighted by molar-refractivity contribution is -0.147. The maximum absolute atomic E-state index is 12.5. The van der Waals surface area contributed by atoms with Crippen LogP contribution in [0.15, 0.2) is 30.6 Å². The lowest BCUT2D eigenvalue weighted by Gasteiger charge is -2.36. The molecule has 1 saturated heterocycles. The van der Waals surface area contributed by atoms with Gasteiger partial charge in [0.25, 0.3) is 0 Å². The van der Waals surface area contributed by atoms with Crippen molar-refractivity contribution in [1.29, 1.82) is 0 Å². The Labute approximate surface area is 148 Å². The molecule has 2 aromatic rings. The number of aryl methyl sites for hydroxylation is 2. The van der Waals surface area contributed by atoms with E-state index in [2.05, 4.69) is 26.6 Å². The normalized spacial score (nSPS) is 17.4. The van der Waals surface area contributed by atoms with E-state index in [0.717, 1.165) is 49.4 Å². The Morgan fingerprint density at radius 3 is 2.68 bits per heavy atom. The van der Waals surface area contributed by atoms with Crippen LogP contribution in [0.5, 0.6) is 0 Å². The number of rotatable bonds is 5. The SMILES string of the molecule is CCn1cnnc1C1CCN([C@H](C(=O)OC)c2ccccc2C)CC1. The smallest absolute Gasteiger partial charge is 0.327 e. The van der Waals surface area contributed by atoms with Crippen LogP contribution in [0.25, 0.3) is 0 Å². The van der Waals surface area contributed by atoms with Crippen molar-refractivity contribution in [2.75, 3.05) is 20.2 Å². The van der Waals surface area contributed by atoms with Gasteiger partial charge in [-0.05, 0) is 50.9 Å². The van der Waals surface area contributed by atoms with Gasteiger partial charge in [0.2, 0.25) is 0 Å². The highest BCUT2D eigenvalue weighted by atomic mass is 16.5. The van der Waals surface area contributed by atoms with Crippen LogP contribution in [0.1, 0.15) is 48.7 Å². The lowest BCUT2D eigenvalue weighted by atomic mass is 9.92. The zero-order valence-corrected chi connectivity index (χ0v) is 15.2. The zero-order valence-electron chi connectivity index (χ0n) is 15.2. The van der Waals surface area contributed by atoms with E-state index in [1.54, 1.807) is 6.33 Å². The van der Waals surface area contributed by atoms with E-state index < -0.39 is 0 Å². The van der Waals surface area contributed by atoms with Crippen LogP contribution >= 0.6 is 0 Å². The summed E-state index contributed by atoms with van der Waals surface area (Å²) in [5.41, 5.74) is 2.15. The number of nitrogens with zero attached hydrogens (tertiary/aromatic N) is 4. The Morgan fingerprint density at radius 1 is 1.32 bits per heavy atom. The number of likely N-dealkylation sites (tertiary alicyclic amines) is 1. The van der Waals surface area contributed by atoms with Crippen molar-refractivity contribution >= 4 is 5.97 Å². The van der Waals surface area contributed by atoms with Crippen molar-refractivity contribution < 1.29 is 9.53 Å². The molecule has 0 radical (unpaired) electrons. The summed E-state index contributed by atoms with van der Waals surface area (Å²) < 4.78 is 7.21. The monoisotopic (exact) mass is 342 g/mol. The van der Waals surface area contributed by atoms with Crippen LogP contribution < -0.4 is 0 Å². The van der Waals surface area contributed by atoms with Crippen LogP contribution in [0.2, 0.25) is 0 Å². The summed E-state index contributed by atoms with van der Waals surface area (Å²) in [6, 6.07) is 7.71. The third kappa shape index (κ3) is 3.58. The average Bonchev–Trinajstić information content (AvgIpc) is 3.12. The molecule has 134 valence electrons. The molecule has 25 heavy (non-hydrogen) atoms. The Hall–Kier alpha value is -2.21. The fourth-order valence-electron chi connectivity index (χ4n) is 3.72. The number of benzene rings is 1. The molecule has 1 aliphatic rings. The van der Waals surface area contributed by atoms with Gasteiger partial charge in [-0.15, -0.1) is 10.2 Å². The van der Waals surface area contributed by atoms with Gasteiger partial charge in [0.05, 0.1) is 7.11 Å². The number of methoxy groups -OCH3 is 1. The average molecular weight is 342 g/mol. The predicted octanol–water partition coefficient (Wildman–Crippen LogP) is 2.70. The van der Waals surface area contributed by atoms with E-state index in [1.165, 1.54) is 7.11 Å². The van der Waals surface area contributed by atoms with E-state index in [0.29, 0.717) is 5.92 Å². The molecule has 0 unspecified atom stereocenters. The van der Waals surface area contributed by atoms with Gasteiger partial charge in [0.1, 0.15) is 18.2 Å². The molecule has 1 fully saturated rings. The first kappa shape index (κ1) is 17.6. The van der Waals surface area contributed by atoms with E-state index >= 15 is 0 Å². The van der Waals surface area contributed by atoms with Crippen LogP contribution in [0.4, 0.5) is 0 Å².